The lowest BCUT2D eigenvalue weighted by atomic mass is 9.88. The van der Waals surface area contributed by atoms with Crippen LogP contribution in [0.1, 0.15) is 37.7 Å². The van der Waals surface area contributed by atoms with Crippen molar-refractivity contribution in [1.82, 2.24) is 5.32 Å². The van der Waals surface area contributed by atoms with Gasteiger partial charge in [0.2, 0.25) is 0 Å². The lowest BCUT2D eigenvalue weighted by molar-refractivity contribution is -0.115. The van der Waals surface area contributed by atoms with Gasteiger partial charge in [0.15, 0.2) is 0 Å². The van der Waals surface area contributed by atoms with E-state index in [4.69, 9.17) is 0 Å². The molecule has 0 bridgehead atoms. The third kappa shape index (κ3) is 3.21. The van der Waals surface area contributed by atoms with E-state index in [1.807, 2.05) is 44.4 Å². The fourth-order valence-corrected chi connectivity index (χ4v) is 3.08. The van der Waals surface area contributed by atoms with E-state index >= 15 is 0 Å². The standard InChI is InChI=1S/C18H23N3O/c1-21(2)15-10-8-13(9-11-15)12-16-18(22)20-17(19-16)14-6-4-3-5-7-14/h8-12,14H,3-7H2,1-2H3,(H,19,20,22)/b16-12+. The van der Waals surface area contributed by atoms with Gasteiger partial charge < -0.3 is 10.2 Å². The van der Waals surface area contributed by atoms with Crippen molar-refractivity contribution in [3.63, 3.8) is 0 Å². The van der Waals surface area contributed by atoms with Crippen LogP contribution >= 0.6 is 0 Å². The molecule has 0 atom stereocenters. The fourth-order valence-electron chi connectivity index (χ4n) is 3.08. The van der Waals surface area contributed by atoms with Crippen molar-refractivity contribution in [3.05, 3.63) is 35.5 Å². The van der Waals surface area contributed by atoms with Crippen molar-refractivity contribution < 1.29 is 4.79 Å². The Kier molecular flexibility index (Phi) is 4.27. The summed E-state index contributed by atoms with van der Waals surface area (Å²) in [6, 6.07) is 8.13. The van der Waals surface area contributed by atoms with Crippen molar-refractivity contribution in [2.45, 2.75) is 32.1 Å². The number of hydrogen-bond donors (Lipinski definition) is 1. The molecule has 0 radical (unpaired) electrons. The van der Waals surface area contributed by atoms with Crippen LogP contribution in [0.15, 0.2) is 35.0 Å². The predicted octanol–water partition coefficient (Wildman–Crippen LogP) is 3.20. The number of anilines is 1. The Labute approximate surface area is 131 Å². The third-order valence-electron chi connectivity index (χ3n) is 4.42. The average molecular weight is 297 g/mol. The van der Waals surface area contributed by atoms with Crippen molar-refractivity contribution >= 4 is 23.5 Å². The number of amides is 1. The van der Waals surface area contributed by atoms with Gasteiger partial charge in [-0.3, -0.25) is 4.79 Å². The lowest BCUT2D eigenvalue weighted by Gasteiger charge is -2.20. The maximum Gasteiger partial charge on any atom is 0.275 e. The Morgan fingerprint density at radius 1 is 1.14 bits per heavy atom. The summed E-state index contributed by atoms with van der Waals surface area (Å²) in [4.78, 5) is 18.7. The van der Waals surface area contributed by atoms with Crippen LogP contribution in [-0.2, 0) is 4.79 Å². The molecule has 4 nitrogen and oxygen atoms in total. The first-order chi connectivity index (χ1) is 10.6. The molecule has 1 fully saturated rings. The predicted molar refractivity (Wildman–Crippen MR) is 90.9 cm³/mol. The van der Waals surface area contributed by atoms with Crippen molar-refractivity contribution in [1.29, 1.82) is 0 Å². The number of carbonyl (C=O) groups is 1. The minimum absolute atomic E-state index is 0.0720. The molecule has 0 spiro atoms. The summed E-state index contributed by atoms with van der Waals surface area (Å²) < 4.78 is 0. The van der Waals surface area contributed by atoms with Crippen LogP contribution in [0, 0.1) is 5.92 Å². The molecule has 1 amide bonds. The molecule has 0 saturated heterocycles. The monoisotopic (exact) mass is 297 g/mol. The van der Waals surface area contributed by atoms with Gasteiger partial charge >= 0.3 is 0 Å². The molecular weight excluding hydrogens is 274 g/mol. The molecule has 1 aliphatic carbocycles. The molecule has 1 heterocycles. The molecule has 0 aromatic heterocycles. The second-order valence-electron chi connectivity index (χ2n) is 6.30. The summed E-state index contributed by atoms with van der Waals surface area (Å²) in [6.07, 6.45) is 7.94. The van der Waals surface area contributed by atoms with Gasteiger partial charge in [0.05, 0.1) is 0 Å². The van der Waals surface area contributed by atoms with Gasteiger partial charge in [-0.05, 0) is 36.6 Å². The molecule has 116 valence electrons. The smallest absolute Gasteiger partial charge is 0.275 e. The van der Waals surface area contributed by atoms with Crippen molar-refractivity contribution in [2.24, 2.45) is 10.9 Å². The average Bonchev–Trinajstić information content (AvgIpc) is 2.90. The Morgan fingerprint density at radius 3 is 2.45 bits per heavy atom. The second kappa shape index (κ2) is 6.34. The zero-order chi connectivity index (χ0) is 15.5. The topological polar surface area (TPSA) is 44.7 Å². The molecule has 22 heavy (non-hydrogen) atoms. The van der Waals surface area contributed by atoms with Crippen molar-refractivity contribution in [3.8, 4) is 0 Å². The van der Waals surface area contributed by atoms with Gasteiger partial charge in [0.1, 0.15) is 11.5 Å². The van der Waals surface area contributed by atoms with Crippen LogP contribution in [0.25, 0.3) is 6.08 Å². The van der Waals surface area contributed by atoms with E-state index in [1.165, 1.54) is 19.3 Å². The third-order valence-corrected chi connectivity index (χ3v) is 4.42. The van der Waals surface area contributed by atoms with E-state index in [0.29, 0.717) is 11.6 Å². The quantitative estimate of drug-likeness (QED) is 0.871. The van der Waals surface area contributed by atoms with Crippen LogP contribution in [0.3, 0.4) is 0 Å². The molecule has 0 unspecified atom stereocenters. The van der Waals surface area contributed by atoms with Gasteiger partial charge in [-0.2, -0.15) is 0 Å². The number of hydrogen-bond acceptors (Lipinski definition) is 3. The molecule has 2 aliphatic rings. The Morgan fingerprint density at radius 2 is 1.82 bits per heavy atom. The van der Waals surface area contributed by atoms with Crippen LogP contribution in [0.4, 0.5) is 5.69 Å². The number of amidine groups is 1. The summed E-state index contributed by atoms with van der Waals surface area (Å²) in [5.41, 5.74) is 2.67. The van der Waals surface area contributed by atoms with E-state index in [0.717, 1.165) is 29.9 Å². The Bertz CT molecular complexity index is 608. The van der Waals surface area contributed by atoms with E-state index in [-0.39, 0.29) is 5.91 Å². The number of nitrogens with zero attached hydrogens (tertiary/aromatic N) is 2. The zero-order valence-corrected chi connectivity index (χ0v) is 13.3. The minimum atomic E-state index is -0.0720. The maximum atomic E-state index is 12.1. The van der Waals surface area contributed by atoms with Crippen LogP contribution in [0.5, 0.6) is 0 Å². The number of aliphatic imine (C=N–C) groups is 1. The highest BCUT2D eigenvalue weighted by Crippen LogP contribution is 2.27. The molecular formula is C18H23N3O. The molecule has 1 aromatic carbocycles. The van der Waals surface area contributed by atoms with Gasteiger partial charge in [-0.25, -0.2) is 4.99 Å². The van der Waals surface area contributed by atoms with Gasteiger partial charge in [-0.15, -0.1) is 0 Å². The number of carbonyl (C=O) groups excluding carboxylic acids is 1. The SMILES string of the molecule is CN(C)c1ccc(/C=C2/N=C(C3CCCCC3)NC2=O)cc1. The summed E-state index contributed by atoms with van der Waals surface area (Å²) in [5.74, 6) is 1.23. The maximum absolute atomic E-state index is 12.1. The summed E-state index contributed by atoms with van der Waals surface area (Å²) in [6.45, 7) is 0. The fraction of sp³-hybridized carbons (Fsp3) is 0.444. The number of rotatable bonds is 3. The number of benzene rings is 1. The highest BCUT2D eigenvalue weighted by atomic mass is 16.2. The molecule has 3 rings (SSSR count). The zero-order valence-electron chi connectivity index (χ0n) is 13.3. The largest absolute Gasteiger partial charge is 0.378 e. The first kappa shape index (κ1) is 14.8. The molecule has 1 aromatic rings. The molecule has 1 aliphatic heterocycles. The van der Waals surface area contributed by atoms with E-state index in [1.54, 1.807) is 0 Å². The Hall–Kier alpha value is -2.10. The summed E-state index contributed by atoms with van der Waals surface area (Å²) in [5, 5.41) is 2.96. The van der Waals surface area contributed by atoms with Crippen molar-refractivity contribution in [2.75, 3.05) is 19.0 Å². The first-order valence-corrected chi connectivity index (χ1v) is 8.02. The first-order valence-electron chi connectivity index (χ1n) is 8.02. The molecule has 1 saturated carbocycles. The van der Waals surface area contributed by atoms with Gasteiger partial charge in [-0.1, -0.05) is 31.4 Å². The van der Waals surface area contributed by atoms with Crippen LogP contribution in [0.2, 0.25) is 0 Å². The van der Waals surface area contributed by atoms with E-state index in [2.05, 4.69) is 15.2 Å². The highest BCUT2D eigenvalue weighted by Gasteiger charge is 2.27. The summed E-state index contributed by atoms with van der Waals surface area (Å²) >= 11 is 0. The van der Waals surface area contributed by atoms with Crippen LogP contribution in [-0.4, -0.2) is 25.8 Å². The summed E-state index contributed by atoms with van der Waals surface area (Å²) in [7, 11) is 4.03. The minimum Gasteiger partial charge on any atom is -0.378 e. The van der Waals surface area contributed by atoms with E-state index < -0.39 is 0 Å². The normalized spacial score (nSPS) is 20.9. The van der Waals surface area contributed by atoms with E-state index in [9.17, 15) is 4.79 Å². The highest BCUT2D eigenvalue weighted by molar-refractivity contribution is 6.15. The number of nitrogens with one attached hydrogen (secondary N) is 1. The molecule has 4 heteroatoms. The van der Waals surface area contributed by atoms with Gasteiger partial charge in [0, 0.05) is 25.7 Å². The van der Waals surface area contributed by atoms with Crippen LogP contribution < -0.4 is 10.2 Å². The molecule has 1 N–H and O–H groups in total. The second-order valence-corrected chi connectivity index (χ2v) is 6.30. The lowest BCUT2D eigenvalue weighted by Crippen LogP contribution is -2.31. The Balaban J connectivity index is 1.77. The van der Waals surface area contributed by atoms with Gasteiger partial charge in [0.25, 0.3) is 5.91 Å².